The van der Waals surface area contributed by atoms with Crippen molar-refractivity contribution in [2.75, 3.05) is 30.6 Å². The molecule has 0 heterocycles. The summed E-state index contributed by atoms with van der Waals surface area (Å²) in [5.74, 6) is -0.0719. The largest absolute Gasteiger partial charge is 0.377 e. The van der Waals surface area contributed by atoms with Gasteiger partial charge in [0.2, 0.25) is 15.9 Å². The lowest BCUT2D eigenvalue weighted by Gasteiger charge is -2.27. The van der Waals surface area contributed by atoms with E-state index in [1.807, 2.05) is 51.0 Å². The van der Waals surface area contributed by atoms with Crippen molar-refractivity contribution in [2.24, 2.45) is 0 Å². The minimum absolute atomic E-state index is 0.0719. The minimum Gasteiger partial charge on any atom is -0.377 e. The standard InChI is InChI=1S/C16H27N3O3S/c1-7-16(20)17-14-8-9-15(18(4)5)13(10-14)11-19(12(2)3)23(6,21)22/h8-10,12H,7,11H2,1-6H3,(H,17,20). The van der Waals surface area contributed by atoms with Gasteiger partial charge in [-0.15, -0.1) is 0 Å². The third-order valence-electron chi connectivity index (χ3n) is 3.49. The fourth-order valence-corrected chi connectivity index (χ4v) is 3.47. The van der Waals surface area contributed by atoms with E-state index in [0.717, 1.165) is 11.3 Å². The van der Waals surface area contributed by atoms with Crippen LogP contribution in [0.15, 0.2) is 18.2 Å². The van der Waals surface area contributed by atoms with Gasteiger partial charge in [0.25, 0.3) is 0 Å². The van der Waals surface area contributed by atoms with Crippen molar-refractivity contribution in [1.29, 1.82) is 0 Å². The Hall–Kier alpha value is -1.60. The molecule has 0 aliphatic rings. The molecular formula is C16H27N3O3S. The normalized spacial score (nSPS) is 11.8. The number of benzene rings is 1. The van der Waals surface area contributed by atoms with E-state index in [1.165, 1.54) is 10.6 Å². The quantitative estimate of drug-likeness (QED) is 0.826. The summed E-state index contributed by atoms with van der Waals surface area (Å²) in [6, 6.07) is 5.41. The van der Waals surface area contributed by atoms with E-state index in [2.05, 4.69) is 5.32 Å². The predicted molar refractivity (Wildman–Crippen MR) is 95.2 cm³/mol. The summed E-state index contributed by atoms with van der Waals surface area (Å²) in [6.07, 6.45) is 1.61. The Labute approximate surface area is 139 Å². The van der Waals surface area contributed by atoms with Gasteiger partial charge in [-0.1, -0.05) is 6.92 Å². The average molecular weight is 341 g/mol. The molecule has 0 fully saturated rings. The van der Waals surface area contributed by atoms with Gasteiger partial charge in [0, 0.05) is 44.5 Å². The van der Waals surface area contributed by atoms with Gasteiger partial charge >= 0.3 is 0 Å². The molecule has 0 aliphatic heterocycles. The van der Waals surface area contributed by atoms with Crippen LogP contribution in [-0.2, 0) is 21.4 Å². The summed E-state index contributed by atoms with van der Waals surface area (Å²) in [5.41, 5.74) is 2.45. The van der Waals surface area contributed by atoms with Gasteiger partial charge in [-0.2, -0.15) is 4.31 Å². The van der Waals surface area contributed by atoms with Crippen molar-refractivity contribution in [3.05, 3.63) is 23.8 Å². The van der Waals surface area contributed by atoms with E-state index in [-0.39, 0.29) is 18.5 Å². The molecule has 0 atom stereocenters. The molecule has 130 valence electrons. The summed E-state index contributed by atoms with van der Waals surface area (Å²) < 4.78 is 25.5. The maximum atomic E-state index is 12.0. The number of nitrogens with zero attached hydrogens (tertiary/aromatic N) is 2. The minimum atomic E-state index is -3.32. The smallest absolute Gasteiger partial charge is 0.224 e. The Morgan fingerprint density at radius 3 is 2.30 bits per heavy atom. The first-order valence-corrected chi connectivity index (χ1v) is 9.48. The molecule has 1 aromatic rings. The zero-order chi connectivity index (χ0) is 17.8. The molecule has 0 saturated carbocycles. The second-order valence-electron chi connectivity index (χ2n) is 6.04. The Balaban J connectivity index is 3.24. The molecule has 1 aromatic carbocycles. The van der Waals surface area contributed by atoms with Crippen LogP contribution in [0, 0.1) is 0 Å². The number of sulfonamides is 1. The highest BCUT2D eigenvalue weighted by atomic mass is 32.2. The van der Waals surface area contributed by atoms with Crippen LogP contribution in [0.5, 0.6) is 0 Å². The number of hydrogen-bond acceptors (Lipinski definition) is 4. The average Bonchev–Trinajstić information content (AvgIpc) is 2.42. The van der Waals surface area contributed by atoms with Crippen LogP contribution in [0.1, 0.15) is 32.8 Å². The SMILES string of the molecule is CCC(=O)Nc1ccc(N(C)C)c(CN(C(C)C)S(C)(=O)=O)c1. The van der Waals surface area contributed by atoms with E-state index in [9.17, 15) is 13.2 Å². The van der Waals surface area contributed by atoms with E-state index < -0.39 is 10.0 Å². The van der Waals surface area contributed by atoms with Crippen molar-refractivity contribution in [2.45, 2.75) is 39.8 Å². The topological polar surface area (TPSA) is 69.7 Å². The Bertz CT molecular complexity index is 655. The van der Waals surface area contributed by atoms with Crippen LogP contribution in [-0.4, -0.2) is 45.0 Å². The highest BCUT2D eigenvalue weighted by molar-refractivity contribution is 7.88. The lowest BCUT2D eigenvalue weighted by Crippen LogP contribution is -2.36. The highest BCUT2D eigenvalue weighted by Crippen LogP contribution is 2.26. The molecule has 23 heavy (non-hydrogen) atoms. The summed E-state index contributed by atoms with van der Waals surface area (Å²) in [6.45, 7) is 5.74. The summed E-state index contributed by atoms with van der Waals surface area (Å²) in [4.78, 5) is 13.5. The molecule has 7 heteroatoms. The van der Waals surface area contributed by atoms with E-state index in [0.29, 0.717) is 12.1 Å². The van der Waals surface area contributed by atoms with Gasteiger partial charge in [-0.25, -0.2) is 8.42 Å². The number of nitrogens with one attached hydrogen (secondary N) is 1. The molecule has 0 aromatic heterocycles. The molecule has 0 aliphatic carbocycles. The van der Waals surface area contributed by atoms with Crippen LogP contribution in [0.25, 0.3) is 0 Å². The molecule has 0 unspecified atom stereocenters. The second-order valence-corrected chi connectivity index (χ2v) is 7.98. The van der Waals surface area contributed by atoms with Gasteiger partial charge in [0.05, 0.1) is 6.26 Å². The van der Waals surface area contributed by atoms with Gasteiger partial charge in [-0.05, 0) is 37.6 Å². The zero-order valence-corrected chi connectivity index (χ0v) is 15.6. The Morgan fingerprint density at radius 1 is 1.26 bits per heavy atom. The van der Waals surface area contributed by atoms with E-state index >= 15 is 0 Å². The first kappa shape index (κ1) is 19.4. The lowest BCUT2D eigenvalue weighted by atomic mass is 10.1. The number of amides is 1. The number of carbonyl (C=O) groups excluding carboxylic acids is 1. The Kier molecular flexibility index (Phi) is 6.58. The van der Waals surface area contributed by atoms with Gasteiger partial charge < -0.3 is 10.2 Å². The monoisotopic (exact) mass is 341 g/mol. The molecule has 6 nitrogen and oxygen atoms in total. The van der Waals surface area contributed by atoms with Crippen molar-refractivity contribution in [3.8, 4) is 0 Å². The highest BCUT2D eigenvalue weighted by Gasteiger charge is 2.22. The maximum Gasteiger partial charge on any atom is 0.224 e. The van der Waals surface area contributed by atoms with Crippen LogP contribution in [0.3, 0.4) is 0 Å². The van der Waals surface area contributed by atoms with Crippen LogP contribution in [0.4, 0.5) is 11.4 Å². The molecular weight excluding hydrogens is 314 g/mol. The maximum absolute atomic E-state index is 12.0. The van der Waals surface area contributed by atoms with Crippen LogP contribution >= 0.6 is 0 Å². The number of anilines is 2. The van der Waals surface area contributed by atoms with E-state index in [4.69, 9.17) is 0 Å². The van der Waals surface area contributed by atoms with Crippen molar-refractivity contribution >= 4 is 27.3 Å². The first-order valence-electron chi connectivity index (χ1n) is 7.63. The molecule has 1 amide bonds. The molecule has 0 saturated heterocycles. The zero-order valence-electron chi connectivity index (χ0n) is 14.8. The van der Waals surface area contributed by atoms with Gasteiger partial charge in [-0.3, -0.25) is 4.79 Å². The lowest BCUT2D eigenvalue weighted by molar-refractivity contribution is -0.115. The molecule has 0 bridgehead atoms. The number of carbonyl (C=O) groups is 1. The van der Waals surface area contributed by atoms with Crippen molar-refractivity contribution < 1.29 is 13.2 Å². The van der Waals surface area contributed by atoms with E-state index in [1.54, 1.807) is 6.92 Å². The number of rotatable bonds is 7. The number of hydrogen-bond donors (Lipinski definition) is 1. The van der Waals surface area contributed by atoms with Gasteiger partial charge in [0.15, 0.2) is 0 Å². The summed E-state index contributed by atoms with van der Waals surface area (Å²) in [7, 11) is 0.494. The molecule has 0 spiro atoms. The van der Waals surface area contributed by atoms with Crippen molar-refractivity contribution in [3.63, 3.8) is 0 Å². The summed E-state index contributed by atoms with van der Waals surface area (Å²) in [5, 5.41) is 2.81. The third-order valence-corrected chi connectivity index (χ3v) is 4.90. The van der Waals surface area contributed by atoms with Crippen LogP contribution < -0.4 is 10.2 Å². The molecule has 0 radical (unpaired) electrons. The Morgan fingerprint density at radius 2 is 1.87 bits per heavy atom. The summed E-state index contributed by atoms with van der Waals surface area (Å²) >= 11 is 0. The fraction of sp³-hybridized carbons (Fsp3) is 0.562. The van der Waals surface area contributed by atoms with Gasteiger partial charge in [0.1, 0.15) is 0 Å². The second kappa shape index (κ2) is 7.79. The first-order chi connectivity index (χ1) is 10.6. The molecule has 1 rings (SSSR count). The third kappa shape index (κ3) is 5.51. The predicted octanol–water partition coefficient (Wildman–Crippen LogP) is 2.27. The van der Waals surface area contributed by atoms with Crippen LogP contribution in [0.2, 0.25) is 0 Å². The van der Waals surface area contributed by atoms with Crippen molar-refractivity contribution in [1.82, 2.24) is 4.31 Å². The molecule has 1 N–H and O–H groups in total. The fourth-order valence-electron chi connectivity index (χ4n) is 2.33.